The number of benzene rings is 2. The second-order valence-electron chi connectivity index (χ2n) is 5.41. The van der Waals surface area contributed by atoms with Crippen LogP contribution in [0.15, 0.2) is 77.9 Å². The van der Waals surface area contributed by atoms with Gasteiger partial charge in [-0.15, -0.1) is 0 Å². The molecule has 0 aliphatic carbocycles. The summed E-state index contributed by atoms with van der Waals surface area (Å²) < 4.78 is 7.32. The molecular formula is C19H15N3O2. The van der Waals surface area contributed by atoms with E-state index in [4.69, 9.17) is 4.74 Å². The molecule has 2 heterocycles. The summed E-state index contributed by atoms with van der Waals surface area (Å²) in [6, 6.07) is 19.4. The summed E-state index contributed by atoms with van der Waals surface area (Å²) in [5.41, 5.74) is 2.46. The van der Waals surface area contributed by atoms with Crippen molar-refractivity contribution in [2.45, 2.75) is 6.61 Å². The lowest BCUT2D eigenvalue weighted by Crippen LogP contribution is -2.13. The molecule has 24 heavy (non-hydrogen) atoms. The molecule has 0 bridgehead atoms. The molecule has 5 heteroatoms. The van der Waals surface area contributed by atoms with Gasteiger partial charge in [0.05, 0.1) is 16.9 Å². The van der Waals surface area contributed by atoms with Gasteiger partial charge in [-0.1, -0.05) is 24.3 Å². The van der Waals surface area contributed by atoms with Gasteiger partial charge in [-0.25, -0.2) is 9.78 Å². The molecule has 0 spiro atoms. The highest BCUT2D eigenvalue weighted by atomic mass is 16.5. The summed E-state index contributed by atoms with van der Waals surface area (Å²) in [5, 5.41) is 1.11. The third-order valence-electron chi connectivity index (χ3n) is 3.81. The molecule has 2 aromatic carbocycles. The van der Waals surface area contributed by atoms with Crippen molar-refractivity contribution in [2.75, 3.05) is 0 Å². The summed E-state index contributed by atoms with van der Waals surface area (Å²) in [4.78, 5) is 18.8. The molecule has 118 valence electrons. The van der Waals surface area contributed by atoms with Crippen molar-refractivity contribution >= 4 is 10.9 Å². The maximum absolute atomic E-state index is 11.6. The number of pyridine rings is 1. The quantitative estimate of drug-likeness (QED) is 0.628. The van der Waals surface area contributed by atoms with Crippen LogP contribution in [0.25, 0.3) is 16.6 Å². The van der Waals surface area contributed by atoms with Gasteiger partial charge >= 0.3 is 5.69 Å². The second kappa shape index (κ2) is 6.04. The minimum absolute atomic E-state index is 0.163. The van der Waals surface area contributed by atoms with Crippen molar-refractivity contribution in [3.8, 4) is 11.4 Å². The summed E-state index contributed by atoms with van der Waals surface area (Å²) in [5.74, 6) is 0.734. The van der Waals surface area contributed by atoms with E-state index in [1.807, 2.05) is 60.7 Å². The van der Waals surface area contributed by atoms with Gasteiger partial charge in [0.15, 0.2) is 0 Å². The molecule has 1 N–H and O–H groups in total. The summed E-state index contributed by atoms with van der Waals surface area (Å²) in [7, 11) is 0. The maximum atomic E-state index is 11.6. The van der Waals surface area contributed by atoms with E-state index in [0.717, 1.165) is 28.0 Å². The lowest BCUT2D eigenvalue weighted by Gasteiger charge is -2.08. The van der Waals surface area contributed by atoms with Gasteiger partial charge < -0.3 is 9.72 Å². The molecule has 0 fully saturated rings. The number of para-hydroxylation sites is 1. The van der Waals surface area contributed by atoms with Gasteiger partial charge in [0.1, 0.15) is 12.4 Å². The van der Waals surface area contributed by atoms with Crippen LogP contribution in [-0.2, 0) is 6.61 Å². The van der Waals surface area contributed by atoms with Crippen molar-refractivity contribution in [2.24, 2.45) is 0 Å². The van der Waals surface area contributed by atoms with Crippen LogP contribution in [0.2, 0.25) is 0 Å². The lowest BCUT2D eigenvalue weighted by atomic mass is 10.2. The zero-order chi connectivity index (χ0) is 16.4. The Morgan fingerprint density at radius 1 is 1.00 bits per heavy atom. The van der Waals surface area contributed by atoms with E-state index in [2.05, 4.69) is 9.97 Å². The van der Waals surface area contributed by atoms with Gasteiger partial charge in [0.2, 0.25) is 0 Å². The monoisotopic (exact) mass is 317 g/mol. The minimum Gasteiger partial charge on any atom is -0.487 e. The van der Waals surface area contributed by atoms with Gasteiger partial charge in [-0.2, -0.15) is 0 Å². The fraction of sp³-hybridized carbons (Fsp3) is 0.0526. The van der Waals surface area contributed by atoms with Crippen LogP contribution in [0.4, 0.5) is 0 Å². The fourth-order valence-electron chi connectivity index (χ4n) is 2.57. The lowest BCUT2D eigenvalue weighted by molar-refractivity contribution is 0.302. The average Bonchev–Trinajstić information content (AvgIpc) is 3.06. The van der Waals surface area contributed by atoms with Gasteiger partial charge in [0.25, 0.3) is 0 Å². The normalized spacial score (nSPS) is 10.8. The standard InChI is InChI=1S/C19H15N3O2/c23-19-20-11-12-22(19)16-7-9-17(10-8-16)24-13-15-6-5-14-3-1-2-4-18(14)21-15/h1-12H,13H2,(H,20,23). The van der Waals surface area contributed by atoms with Gasteiger partial charge in [-0.3, -0.25) is 4.57 Å². The molecular weight excluding hydrogens is 302 g/mol. The van der Waals surface area contributed by atoms with E-state index in [9.17, 15) is 4.79 Å². The smallest absolute Gasteiger partial charge is 0.330 e. The van der Waals surface area contributed by atoms with Crippen molar-refractivity contribution in [3.63, 3.8) is 0 Å². The zero-order valence-corrected chi connectivity index (χ0v) is 12.8. The Balaban J connectivity index is 1.49. The molecule has 4 rings (SSSR count). The van der Waals surface area contributed by atoms with Crippen molar-refractivity contribution in [1.82, 2.24) is 14.5 Å². The molecule has 0 atom stereocenters. The Kier molecular flexibility index (Phi) is 3.59. The van der Waals surface area contributed by atoms with Crippen LogP contribution in [0.5, 0.6) is 5.75 Å². The predicted octanol–water partition coefficient (Wildman–Crippen LogP) is 3.29. The number of H-pyrrole nitrogens is 1. The summed E-state index contributed by atoms with van der Waals surface area (Å²) >= 11 is 0. The number of hydrogen-bond donors (Lipinski definition) is 1. The van der Waals surface area contributed by atoms with Crippen molar-refractivity contribution < 1.29 is 4.74 Å². The third kappa shape index (κ3) is 2.79. The fourth-order valence-corrected chi connectivity index (χ4v) is 2.57. The van der Waals surface area contributed by atoms with E-state index in [-0.39, 0.29) is 5.69 Å². The van der Waals surface area contributed by atoms with E-state index in [1.54, 1.807) is 12.4 Å². The van der Waals surface area contributed by atoms with Crippen LogP contribution in [0.3, 0.4) is 0 Å². The third-order valence-corrected chi connectivity index (χ3v) is 3.81. The first-order valence-electron chi connectivity index (χ1n) is 7.63. The topological polar surface area (TPSA) is 59.9 Å². The minimum atomic E-state index is -0.163. The van der Waals surface area contributed by atoms with Crippen LogP contribution >= 0.6 is 0 Å². The Morgan fingerprint density at radius 2 is 1.83 bits per heavy atom. The Bertz CT molecular complexity index is 1030. The van der Waals surface area contributed by atoms with E-state index in [1.165, 1.54) is 4.57 Å². The zero-order valence-electron chi connectivity index (χ0n) is 12.8. The molecule has 0 aliphatic heterocycles. The summed E-state index contributed by atoms with van der Waals surface area (Å²) in [6.07, 6.45) is 3.30. The Labute approximate surface area is 138 Å². The summed E-state index contributed by atoms with van der Waals surface area (Å²) in [6.45, 7) is 0.397. The molecule has 0 unspecified atom stereocenters. The Morgan fingerprint density at radius 3 is 2.62 bits per heavy atom. The van der Waals surface area contributed by atoms with Gasteiger partial charge in [0, 0.05) is 17.8 Å². The largest absolute Gasteiger partial charge is 0.487 e. The molecule has 0 saturated heterocycles. The molecule has 2 aromatic heterocycles. The number of aromatic amines is 1. The highest BCUT2D eigenvalue weighted by Crippen LogP contribution is 2.17. The van der Waals surface area contributed by atoms with E-state index in [0.29, 0.717) is 6.61 Å². The first kappa shape index (κ1) is 14.3. The maximum Gasteiger partial charge on any atom is 0.330 e. The molecule has 0 amide bonds. The number of imidazole rings is 1. The van der Waals surface area contributed by atoms with E-state index < -0.39 is 0 Å². The van der Waals surface area contributed by atoms with Crippen molar-refractivity contribution in [3.05, 3.63) is 89.2 Å². The highest BCUT2D eigenvalue weighted by molar-refractivity contribution is 5.78. The Hall–Kier alpha value is -3.34. The molecule has 0 radical (unpaired) electrons. The van der Waals surface area contributed by atoms with Gasteiger partial charge in [-0.05, 0) is 36.4 Å². The number of rotatable bonds is 4. The van der Waals surface area contributed by atoms with Crippen LogP contribution in [-0.4, -0.2) is 14.5 Å². The molecule has 0 aliphatic rings. The number of fused-ring (bicyclic) bond motifs is 1. The van der Waals surface area contributed by atoms with Crippen LogP contribution in [0.1, 0.15) is 5.69 Å². The van der Waals surface area contributed by atoms with Crippen LogP contribution in [0, 0.1) is 0 Å². The second-order valence-corrected chi connectivity index (χ2v) is 5.41. The number of aromatic nitrogens is 3. The molecule has 0 saturated carbocycles. The molecule has 5 nitrogen and oxygen atoms in total. The number of hydrogen-bond acceptors (Lipinski definition) is 3. The van der Waals surface area contributed by atoms with Crippen molar-refractivity contribution in [1.29, 1.82) is 0 Å². The molecule has 4 aromatic rings. The average molecular weight is 317 g/mol. The number of nitrogens with zero attached hydrogens (tertiary/aromatic N) is 2. The highest BCUT2D eigenvalue weighted by Gasteiger charge is 2.02. The number of nitrogens with one attached hydrogen (secondary N) is 1. The first-order valence-corrected chi connectivity index (χ1v) is 7.63. The predicted molar refractivity (Wildman–Crippen MR) is 92.5 cm³/mol. The van der Waals surface area contributed by atoms with E-state index >= 15 is 0 Å². The SMILES string of the molecule is O=c1[nH]ccn1-c1ccc(OCc2ccc3ccccc3n2)cc1. The first-order chi connectivity index (χ1) is 11.8. The van der Waals surface area contributed by atoms with Crippen LogP contribution < -0.4 is 10.4 Å². The number of ether oxygens (including phenoxy) is 1.